The lowest BCUT2D eigenvalue weighted by Gasteiger charge is -2.09. The second-order valence-electron chi connectivity index (χ2n) is 4.10. The SMILES string of the molecule is CCOC(=O)Cc1csc(Nc2cc(Cl)ccc2OC)n1. The fraction of sp³-hybridized carbons (Fsp3) is 0.286. The molecule has 0 radical (unpaired) electrons. The number of aromatic nitrogens is 1. The monoisotopic (exact) mass is 326 g/mol. The predicted molar refractivity (Wildman–Crippen MR) is 83.7 cm³/mol. The molecule has 112 valence electrons. The summed E-state index contributed by atoms with van der Waals surface area (Å²) in [4.78, 5) is 15.8. The zero-order valence-electron chi connectivity index (χ0n) is 11.7. The van der Waals surface area contributed by atoms with Gasteiger partial charge in [0.05, 0.1) is 31.5 Å². The van der Waals surface area contributed by atoms with Gasteiger partial charge in [0.25, 0.3) is 0 Å². The van der Waals surface area contributed by atoms with Gasteiger partial charge in [-0.1, -0.05) is 11.6 Å². The maximum atomic E-state index is 11.4. The van der Waals surface area contributed by atoms with E-state index < -0.39 is 0 Å². The van der Waals surface area contributed by atoms with Crippen molar-refractivity contribution in [3.05, 3.63) is 34.3 Å². The highest BCUT2D eigenvalue weighted by atomic mass is 35.5. The lowest BCUT2D eigenvalue weighted by molar-refractivity contribution is -0.142. The van der Waals surface area contributed by atoms with Crippen LogP contribution in [0.25, 0.3) is 0 Å². The summed E-state index contributed by atoms with van der Waals surface area (Å²) in [6.07, 6.45) is 0.165. The Hall–Kier alpha value is -1.79. The lowest BCUT2D eigenvalue weighted by atomic mass is 10.3. The van der Waals surface area contributed by atoms with E-state index in [9.17, 15) is 4.79 Å². The molecule has 0 saturated carbocycles. The molecular formula is C14H15ClN2O3S. The van der Waals surface area contributed by atoms with Gasteiger partial charge in [-0.2, -0.15) is 0 Å². The quantitative estimate of drug-likeness (QED) is 0.821. The fourth-order valence-electron chi connectivity index (χ4n) is 1.70. The first-order chi connectivity index (χ1) is 10.1. The number of nitrogens with zero attached hydrogens (tertiary/aromatic N) is 1. The van der Waals surface area contributed by atoms with Crippen LogP contribution in [0.4, 0.5) is 10.8 Å². The number of anilines is 2. The number of rotatable bonds is 6. The van der Waals surface area contributed by atoms with Crippen molar-refractivity contribution < 1.29 is 14.3 Å². The molecule has 0 saturated heterocycles. The summed E-state index contributed by atoms with van der Waals surface area (Å²) in [5.41, 5.74) is 1.39. The molecule has 1 heterocycles. The standard InChI is InChI=1S/C14H15ClN2O3S/c1-3-20-13(18)7-10-8-21-14(16-10)17-11-6-9(15)4-5-12(11)19-2/h4-6,8H,3,7H2,1-2H3,(H,16,17). The van der Waals surface area contributed by atoms with Crippen molar-refractivity contribution in [2.24, 2.45) is 0 Å². The number of carbonyl (C=O) groups is 1. The zero-order valence-corrected chi connectivity index (χ0v) is 13.3. The Bertz CT molecular complexity index is 630. The number of halogens is 1. The van der Waals surface area contributed by atoms with Gasteiger partial charge in [-0.15, -0.1) is 11.3 Å². The largest absolute Gasteiger partial charge is 0.495 e. The van der Waals surface area contributed by atoms with Crippen LogP contribution in [-0.4, -0.2) is 24.7 Å². The number of esters is 1. The maximum Gasteiger partial charge on any atom is 0.311 e. The summed E-state index contributed by atoms with van der Waals surface area (Å²) in [6, 6.07) is 5.28. The third kappa shape index (κ3) is 4.34. The first-order valence-electron chi connectivity index (χ1n) is 6.33. The number of methoxy groups -OCH3 is 1. The van der Waals surface area contributed by atoms with Crippen molar-refractivity contribution in [2.45, 2.75) is 13.3 Å². The summed E-state index contributed by atoms with van der Waals surface area (Å²) in [7, 11) is 1.59. The van der Waals surface area contributed by atoms with E-state index in [1.807, 2.05) is 5.38 Å². The van der Waals surface area contributed by atoms with Crippen LogP contribution in [0.1, 0.15) is 12.6 Å². The Morgan fingerprint density at radius 3 is 3.00 bits per heavy atom. The second-order valence-corrected chi connectivity index (χ2v) is 5.39. The molecule has 1 aromatic heterocycles. The molecule has 1 N–H and O–H groups in total. The van der Waals surface area contributed by atoms with Crippen LogP contribution in [-0.2, 0) is 16.0 Å². The van der Waals surface area contributed by atoms with E-state index in [2.05, 4.69) is 10.3 Å². The highest BCUT2D eigenvalue weighted by Crippen LogP contribution is 2.31. The lowest BCUT2D eigenvalue weighted by Crippen LogP contribution is -2.07. The smallest absolute Gasteiger partial charge is 0.311 e. The van der Waals surface area contributed by atoms with Crippen molar-refractivity contribution in [1.82, 2.24) is 4.98 Å². The summed E-state index contributed by atoms with van der Waals surface area (Å²) in [5, 5.41) is 6.21. The highest BCUT2D eigenvalue weighted by molar-refractivity contribution is 7.13. The Labute approximate surface area is 131 Å². The predicted octanol–water partition coefficient (Wildman–Crippen LogP) is 3.65. The molecule has 7 heteroatoms. The molecule has 5 nitrogen and oxygen atoms in total. The van der Waals surface area contributed by atoms with Crippen molar-refractivity contribution in [3.63, 3.8) is 0 Å². The molecule has 0 aliphatic carbocycles. The molecule has 0 amide bonds. The topological polar surface area (TPSA) is 60.5 Å². The van der Waals surface area contributed by atoms with Gasteiger partial charge in [-0.05, 0) is 25.1 Å². The normalized spacial score (nSPS) is 10.2. The minimum atomic E-state index is -0.283. The number of hydrogen-bond acceptors (Lipinski definition) is 6. The zero-order chi connectivity index (χ0) is 15.2. The number of thiazole rings is 1. The Balaban J connectivity index is 2.09. The molecule has 2 rings (SSSR count). The number of ether oxygens (including phenoxy) is 2. The average molecular weight is 327 g/mol. The minimum absolute atomic E-state index is 0.165. The van der Waals surface area contributed by atoms with E-state index in [1.54, 1.807) is 32.2 Å². The van der Waals surface area contributed by atoms with Gasteiger partial charge in [0.2, 0.25) is 0 Å². The molecule has 0 fully saturated rings. The van der Waals surface area contributed by atoms with Crippen molar-refractivity contribution in [1.29, 1.82) is 0 Å². The van der Waals surface area contributed by atoms with Crippen LogP contribution in [0, 0.1) is 0 Å². The number of nitrogens with one attached hydrogen (secondary N) is 1. The Morgan fingerprint density at radius 1 is 1.48 bits per heavy atom. The first-order valence-corrected chi connectivity index (χ1v) is 7.58. The van der Waals surface area contributed by atoms with Crippen LogP contribution < -0.4 is 10.1 Å². The molecule has 21 heavy (non-hydrogen) atoms. The van der Waals surface area contributed by atoms with E-state index in [4.69, 9.17) is 21.1 Å². The van der Waals surface area contributed by atoms with Crippen LogP contribution in [0.3, 0.4) is 0 Å². The van der Waals surface area contributed by atoms with Gasteiger partial charge in [0.15, 0.2) is 5.13 Å². The van der Waals surface area contributed by atoms with Gasteiger partial charge >= 0.3 is 5.97 Å². The van der Waals surface area contributed by atoms with Gasteiger partial charge < -0.3 is 14.8 Å². The van der Waals surface area contributed by atoms with Gasteiger partial charge in [-0.25, -0.2) is 4.98 Å². The Morgan fingerprint density at radius 2 is 2.29 bits per heavy atom. The van der Waals surface area contributed by atoms with E-state index in [1.165, 1.54) is 11.3 Å². The molecule has 0 bridgehead atoms. The first kappa shape index (κ1) is 15.6. The van der Waals surface area contributed by atoms with Gasteiger partial charge in [0, 0.05) is 10.4 Å². The summed E-state index contributed by atoms with van der Waals surface area (Å²) >= 11 is 7.38. The van der Waals surface area contributed by atoms with Crippen molar-refractivity contribution in [3.8, 4) is 5.75 Å². The molecule has 2 aromatic rings. The number of benzene rings is 1. The third-order valence-electron chi connectivity index (χ3n) is 2.59. The van der Waals surface area contributed by atoms with Crippen LogP contribution in [0.15, 0.2) is 23.6 Å². The van der Waals surface area contributed by atoms with E-state index >= 15 is 0 Å². The van der Waals surface area contributed by atoms with Crippen LogP contribution in [0.5, 0.6) is 5.75 Å². The molecule has 1 aromatic carbocycles. The minimum Gasteiger partial charge on any atom is -0.495 e. The molecule has 0 atom stereocenters. The molecule has 0 aliphatic rings. The van der Waals surface area contributed by atoms with Gasteiger partial charge in [0.1, 0.15) is 5.75 Å². The second kappa shape index (κ2) is 7.28. The van der Waals surface area contributed by atoms with Crippen molar-refractivity contribution >= 4 is 39.7 Å². The van der Waals surface area contributed by atoms with E-state index in [0.717, 1.165) is 5.69 Å². The number of hydrogen-bond donors (Lipinski definition) is 1. The van der Waals surface area contributed by atoms with Crippen molar-refractivity contribution in [2.75, 3.05) is 19.0 Å². The molecule has 0 unspecified atom stereocenters. The summed E-state index contributed by atoms with van der Waals surface area (Å²) in [5.74, 6) is 0.385. The van der Waals surface area contributed by atoms with E-state index in [-0.39, 0.29) is 12.4 Å². The van der Waals surface area contributed by atoms with Crippen LogP contribution in [0.2, 0.25) is 5.02 Å². The number of carbonyl (C=O) groups excluding carboxylic acids is 1. The fourth-order valence-corrected chi connectivity index (χ4v) is 2.59. The third-order valence-corrected chi connectivity index (χ3v) is 3.63. The average Bonchev–Trinajstić information content (AvgIpc) is 2.86. The molecule has 0 aliphatic heterocycles. The Kier molecular flexibility index (Phi) is 5.41. The molecular weight excluding hydrogens is 312 g/mol. The van der Waals surface area contributed by atoms with E-state index in [0.29, 0.717) is 28.2 Å². The molecule has 0 spiro atoms. The maximum absolute atomic E-state index is 11.4. The summed E-state index contributed by atoms with van der Waals surface area (Å²) < 4.78 is 10.2. The van der Waals surface area contributed by atoms with Gasteiger partial charge in [-0.3, -0.25) is 4.79 Å². The van der Waals surface area contributed by atoms with Crippen LogP contribution >= 0.6 is 22.9 Å². The summed E-state index contributed by atoms with van der Waals surface area (Å²) in [6.45, 7) is 2.14. The highest BCUT2D eigenvalue weighted by Gasteiger charge is 2.10.